The van der Waals surface area contributed by atoms with Gasteiger partial charge in [-0.3, -0.25) is 0 Å². The van der Waals surface area contributed by atoms with Crippen molar-refractivity contribution in [1.82, 2.24) is 0 Å². The molecule has 1 rings (SSSR count). The molecule has 0 saturated heterocycles. The molecular formula is C17H22O2Se. The molecule has 0 aliphatic heterocycles. The van der Waals surface area contributed by atoms with E-state index in [1.54, 1.807) is 0 Å². The summed E-state index contributed by atoms with van der Waals surface area (Å²) < 4.78 is 14.9. The Balaban J connectivity index is 2.79. The number of ether oxygens (including phenoxy) is 1. The van der Waals surface area contributed by atoms with Crippen LogP contribution in [-0.2, 0) is 9.53 Å². The fourth-order valence-electron chi connectivity index (χ4n) is 1.35. The predicted octanol–water partition coefficient (Wildman–Crippen LogP) is 2.39. The van der Waals surface area contributed by atoms with Gasteiger partial charge in [0.15, 0.2) is 0 Å². The molecule has 0 aliphatic rings. The maximum atomic E-state index is 12.1. The van der Waals surface area contributed by atoms with Crippen LogP contribution in [0.2, 0.25) is 0 Å². The van der Waals surface area contributed by atoms with E-state index in [0.29, 0.717) is 6.61 Å². The normalized spacial score (nSPS) is 14.7. The van der Waals surface area contributed by atoms with Gasteiger partial charge >= 0.3 is 129 Å². The second-order valence-corrected chi connectivity index (χ2v) is 7.19. The third kappa shape index (κ3) is 6.39. The van der Waals surface area contributed by atoms with Gasteiger partial charge < -0.3 is 0 Å². The molecule has 1 atom stereocenters. The first-order valence-electron chi connectivity index (χ1n) is 7.18. The zero-order chi connectivity index (χ0) is 15.9. The zero-order valence-electron chi connectivity index (χ0n) is 13.5. The van der Waals surface area contributed by atoms with E-state index in [9.17, 15) is 4.79 Å². The monoisotopic (exact) mass is 339 g/mol. The van der Waals surface area contributed by atoms with Crippen LogP contribution >= 0.6 is 0 Å². The zero-order valence-corrected chi connectivity index (χ0v) is 14.2. The summed E-state index contributed by atoms with van der Waals surface area (Å²) in [7, 11) is 0. The number of Topliss-reactive ketones (excluding diaryl/α,β-unsaturated/α-hetero) is 1. The topological polar surface area (TPSA) is 26.3 Å². The quantitative estimate of drug-likeness (QED) is 0.609. The SMILES string of the molecule is [2H]C(C#C[Se]c1ccccc1)(CC(=O)C(C)(C)C)OCC. The van der Waals surface area contributed by atoms with E-state index in [1.165, 1.54) is 0 Å². The van der Waals surface area contributed by atoms with Crippen molar-refractivity contribution in [2.75, 3.05) is 6.61 Å². The molecule has 0 fully saturated rings. The van der Waals surface area contributed by atoms with E-state index in [4.69, 9.17) is 6.11 Å². The van der Waals surface area contributed by atoms with Gasteiger partial charge in [0, 0.05) is 0 Å². The fraction of sp³-hybridized carbons (Fsp3) is 0.471. The molecule has 0 aromatic heterocycles. The molecule has 0 aliphatic carbocycles. The van der Waals surface area contributed by atoms with E-state index >= 15 is 0 Å². The van der Waals surface area contributed by atoms with E-state index < -0.39 is 11.5 Å². The van der Waals surface area contributed by atoms with Crippen molar-refractivity contribution in [2.45, 2.75) is 40.2 Å². The minimum absolute atomic E-state index is 0.00219. The number of ketones is 1. The first kappa shape index (κ1) is 15.3. The average Bonchev–Trinajstić information content (AvgIpc) is 2.39. The third-order valence-corrected chi connectivity index (χ3v) is 4.07. The molecule has 20 heavy (non-hydrogen) atoms. The van der Waals surface area contributed by atoms with Gasteiger partial charge in [-0.15, -0.1) is 0 Å². The molecular weight excluding hydrogens is 315 g/mol. The molecule has 1 aromatic rings. The summed E-state index contributed by atoms with van der Waals surface area (Å²) in [6.07, 6.45) is -1.43. The van der Waals surface area contributed by atoms with Crippen molar-refractivity contribution in [3.05, 3.63) is 30.3 Å². The number of rotatable bonds is 5. The summed E-state index contributed by atoms with van der Waals surface area (Å²) >= 11 is -0.0323. The van der Waals surface area contributed by atoms with Crippen molar-refractivity contribution in [3.63, 3.8) is 0 Å². The number of benzene rings is 1. The molecule has 1 unspecified atom stereocenters. The Bertz CT molecular complexity index is 525. The van der Waals surface area contributed by atoms with Crippen LogP contribution in [-0.4, -0.2) is 33.4 Å². The maximum absolute atomic E-state index is 12.1. The van der Waals surface area contributed by atoms with E-state index in [0.717, 1.165) is 4.46 Å². The van der Waals surface area contributed by atoms with E-state index in [1.807, 2.05) is 58.0 Å². The Labute approximate surface area is 129 Å². The molecule has 2 nitrogen and oxygen atoms in total. The van der Waals surface area contributed by atoms with Crippen molar-refractivity contribution >= 4 is 25.2 Å². The van der Waals surface area contributed by atoms with Crippen LogP contribution in [0, 0.1) is 16.2 Å². The average molecular weight is 338 g/mol. The second-order valence-electron chi connectivity index (χ2n) is 5.35. The van der Waals surface area contributed by atoms with Crippen molar-refractivity contribution < 1.29 is 10.9 Å². The van der Waals surface area contributed by atoms with Crippen LogP contribution in [0.1, 0.15) is 35.5 Å². The van der Waals surface area contributed by atoms with Gasteiger partial charge in [0.1, 0.15) is 0 Å². The van der Waals surface area contributed by atoms with Crippen LogP contribution in [0.25, 0.3) is 0 Å². The summed E-state index contributed by atoms with van der Waals surface area (Å²) in [6.45, 7) is 7.73. The van der Waals surface area contributed by atoms with Crippen molar-refractivity contribution in [3.8, 4) is 10.7 Å². The summed E-state index contributed by atoms with van der Waals surface area (Å²) in [4.78, 5) is 15.2. The molecule has 0 radical (unpaired) electrons. The Morgan fingerprint density at radius 3 is 2.60 bits per heavy atom. The minimum atomic E-state index is -1.43. The number of carbonyl (C=O) groups excluding carboxylic acids is 1. The van der Waals surface area contributed by atoms with E-state index in [-0.39, 0.29) is 27.2 Å². The first-order valence-corrected chi connectivity index (χ1v) is 8.39. The van der Waals surface area contributed by atoms with Gasteiger partial charge in [0.2, 0.25) is 0 Å². The Hall–Kier alpha value is -1.07. The Morgan fingerprint density at radius 1 is 1.40 bits per heavy atom. The standard InChI is InChI=1S/C17H22O2Se/c1-5-19-14(13-16(18)17(2,3)4)11-12-20-15-9-7-6-8-10-15/h6-10,14H,5,13H2,1-4H3/i14D. The fourth-order valence-corrected chi connectivity index (χ4v) is 2.55. The molecule has 0 amide bonds. The molecule has 3 heteroatoms. The van der Waals surface area contributed by atoms with Gasteiger partial charge in [-0.25, -0.2) is 0 Å². The van der Waals surface area contributed by atoms with Crippen LogP contribution in [0.5, 0.6) is 0 Å². The Kier molecular flexibility index (Phi) is 6.33. The number of hydrogen-bond donors (Lipinski definition) is 0. The number of carbonyl (C=O) groups is 1. The van der Waals surface area contributed by atoms with Crippen molar-refractivity contribution in [2.24, 2.45) is 5.41 Å². The Morgan fingerprint density at radius 2 is 2.05 bits per heavy atom. The molecule has 0 bridgehead atoms. The first-order chi connectivity index (χ1) is 9.77. The molecule has 108 valence electrons. The molecule has 0 heterocycles. The van der Waals surface area contributed by atoms with Crippen molar-refractivity contribution in [1.29, 1.82) is 0 Å². The summed E-state index contributed by atoms with van der Waals surface area (Å²) in [5.41, 5.74) is -0.477. The van der Waals surface area contributed by atoms with Crippen LogP contribution in [0.3, 0.4) is 0 Å². The third-order valence-electron chi connectivity index (χ3n) is 2.58. The van der Waals surface area contributed by atoms with E-state index in [2.05, 4.69) is 10.7 Å². The second kappa shape index (κ2) is 8.27. The predicted molar refractivity (Wildman–Crippen MR) is 84.1 cm³/mol. The molecule has 0 saturated carbocycles. The molecule has 1 aromatic carbocycles. The summed E-state index contributed by atoms with van der Waals surface area (Å²) in [5, 5.41) is 0. The molecule has 0 N–H and O–H groups in total. The van der Waals surface area contributed by atoms with Gasteiger partial charge in [-0.2, -0.15) is 0 Å². The van der Waals surface area contributed by atoms with Crippen LogP contribution in [0.15, 0.2) is 30.3 Å². The van der Waals surface area contributed by atoms with Gasteiger partial charge in [0.25, 0.3) is 0 Å². The molecule has 0 spiro atoms. The van der Waals surface area contributed by atoms with Gasteiger partial charge in [-0.1, -0.05) is 0 Å². The van der Waals surface area contributed by atoms with Gasteiger partial charge in [0.05, 0.1) is 0 Å². The summed E-state index contributed by atoms with van der Waals surface area (Å²) in [5.74, 6) is 2.84. The van der Waals surface area contributed by atoms with Crippen LogP contribution in [0.4, 0.5) is 0 Å². The summed E-state index contributed by atoms with van der Waals surface area (Å²) in [6, 6.07) is 9.93. The van der Waals surface area contributed by atoms with Gasteiger partial charge in [-0.05, 0) is 0 Å². The van der Waals surface area contributed by atoms with Crippen LogP contribution < -0.4 is 4.46 Å². The number of hydrogen-bond acceptors (Lipinski definition) is 2.